The summed E-state index contributed by atoms with van der Waals surface area (Å²) in [7, 11) is 0. The van der Waals surface area contributed by atoms with Crippen molar-refractivity contribution in [3.8, 4) is 0 Å². The summed E-state index contributed by atoms with van der Waals surface area (Å²) in [5.74, 6) is 0.831. The zero-order chi connectivity index (χ0) is 11.9. The summed E-state index contributed by atoms with van der Waals surface area (Å²) in [6.07, 6.45) is 4.62. The monoisotopic (exact) mass is 227 g/mol. The summed E-state index contributed by atoms with van der Waals surface area (Å²) in [6.45, 7) is 3.72. The van der Waals surface area contributed by atoms with Gasteiger partial charge in [-0.3, -0.25) is 0 Å². The molecule has 17 heavy (non-hydrogen) atoms. The molecule has 0 atom stereocenters. The van der Waals surface area contributed by atoms with Crippen LogP contribution in [-0.4, -0.2) is 9.97 Å². The van der Waals surface area contributed by atoms with Crippen LogP contribution in [0, 0.1) is 0 Å². The highest BCUT2D eigenvalue weighted by Gasteiger charge is 1.96. The molecule has 0 spiro atoms. The van der Waals surface area contributed by atoms with Crippen molar-refractivity contribution >= 4 is 0 Å². The molecule has 0 aliphatic carbocycles. The van der Waals surface area contributed by atoms with Crippen LogP contribution >= 0.6 is 0 Å². The van der Waals surface area contributed by atoms with Gasteiger partial charge in [-0.15, -0.1) is 0 Å². The van der Waals surface area contributed by atoms with Crippen LogP contribution in [0.15, 0.2) is 42.7 Å². The van der Waals surface area contributed by atoms with Gasteiger partial charge in [-0.1, -0.05) is 31.2 Å². The maximum absolute atomic E-state index is 4.16. The second kappa shape index (κ2) is 6.11. The van der Waals surface area contributed by atoms with E-state index in [-0.39, 0.29) is 0 Å². The van der Waals surface area contributed by atoms with Crippen molar-refractivity contribution in [3.63, 3.8) is 0 Å². The van der Waals surface area contributed by atoms with Gasteiger partial charge in [0.25, 0.3) is 0 Å². The fourth-order valence-corrected chi connectivity index (χ4v) is 1.63. The highest BCUT2D eigenvalue weighted by Crippen LogP contribution is 2.04. The molecule has 2 aromatic rings. The van der Waals surface area contributed by atoms with E-state index in [0.717, 1.165) is 18.8 Å². The number of aryl methyl sites for hydroxylation is 1. The van der Waals surface area contributed by atoms with Crippen LogP contribution in [-0.2, 0) is 19.5 Å². The predicted octanol–water partition coefficient (Wildman–Crippen LogP) is 2.33. The van der Waals surface area contributed by atoms with E-state index < -0.39 is 0 Å². The van der Waals surface area contributed by atoms with Gasteiger partial charge >= 0.3 is 0 Å². The average Bonchev–Trinajstić information content (AvgIpc) is 2.41. The van der Waals surface area contributed by atoms with Gasteiger partial charge in [0.05, 0.1) is 6.54 Å². The third-order valence-corrected chi connectivity index (χ3v) is 2.66. The molecule has 0 unspecified atom stereocenters. The SMILES string of the molecule is CCc1ccc(CNCc2ncccn2)cc1. The van der Waals surface area contributed by atoms with Crippen molar-refractivity contribution in [3.05, 3.63) is 59.7 Å². The smallest absolute Gasteiger partial charge is 0.141 e. The normalized spacial score (nSPS) is 10.4. The number of hydrogen-bond donors (Lipinski definition) is 1. The van der Waals surface area contributed by atoms with Crippen molar-refractivity contribution in [2.75, 3.05) is 0 Å². The van der Waals surface area contributed by atoms with Crippen molar-refractivity contribution in [1.82, 2.24) is 15.3 Å². The van der Waals surface area contributed by atoms with Crippen molar-refractivity contribution in [1.29, 1.82) is 0 Å². The van der Waals surface area contributed by atoms with Crippen LogP contribution in [0.3, 0.4) is 0 Å². The predicted molar refractivity (Wildman–Crippen MR) is 68.4 cm³/mol. The number of nitrogens with zero attached hydrogens (tertiary/aromatic N) is 2. The lowest BCUT2D eigenvalue weighted by Crippen LogP contribution is -2.14. The molecule has 0 bridgehead atoms. The number of benzene rings is 1. The van der Waals surface area contributed by atoms with Gasteiger partial charge in [0, 0.05) is 18.9 Å². The van der Waals surface area contributed by atoms with E-state index in [2.05, 4.69) is 46.5 Å². The van der Waals surface area contributed by atoms with Crippen LogP contribution in [0.4, 0.5) is 0 Å². The van der Waals surface area contributed by atoms with Gasteiger partial charge in [-0.05, 0) is 23.6 Å². The van der Waals surface area contributed by atoms with E-state index in [4.69, 9.17) is 0 Å². The molecule has 1 heterocycles. The van der Waals surface area contributed by atoms with Crippen LogP contribution < -0.4 is 5.32 Å². The first-order chi connectivity index (χ1) is 8.38. The lowest BCUT2D eigenvalue weighted by atomic mass is 10.1. The van der Waals surface area contributed by atoms with Crippen LogP contribution in [0.2, 0.25) is 0 Å². The Balaban J connectivity index is 1.82. The molecule has 2 rings (SSSR count). The van der Waals surface area contributed by atoms with E-state index in [0.29, 0.717) is 6.54 Å². The third-order valence-electron chi connectivity index (χ3n) is 2.66. The molecule has 0 saturated heterocycles. The Kier molecular flexibility index (Phi) is 4.22. The van der Waals surface area contributed by atoms with Gasteiger partial charge in [-0.25, -0.2) is 9.97 Å². The lowest BCUT2D eigenvalue weighted by Gasteiger charge is -2.04. The van der Waals surface area contributed by atoms with Crippen LogP contribution in [0.25, 0.3) is 0 Å². The molecule has 88 valence electrons. The molecular weight excluding hydrogens is 210 g/mol. The first-order valence-electron chi connectivity index (χ1n) is 5.93. The fraction of sp³-hybridized carbons (Fsp3) is 0.286. The minimum absolute atomic E-state index is 0.705. The minimum atomic E-state index is 0.705. The van der Waals surface area contributed by atoms with Gasteiger partial charge in [0.1, 0.15) is 5.82 Å². The largest absolute Gasteiger partial charge is 0.306 e. The van der Waals surface area contributed by atoms with Gasteiger partial charge in [0.2, 0.25) is 0 Å². The maximum atomic E-state index is 4.16. The number of nitrogens with one attached hydrogen (secondary N) is 1. The summed E-state index contributed by atoms with van der Waals surface area (Å²) < 4.78 is 0. The third kappa shape index (κ3) is 3.64. The van der Waals surface area contributed by atoms with E-state index in [1.165, 1.54) is 11.1 Å². The van der Waals surface area contributed by atoms with Gasteiger partial charge in [0.15, 0.2) is 0 Å². The Morgan fingerprint density at radius 3 is 2.24 bits per heavy atom. The quantitative estimate of drug-likeness (QED) is 0.852. The van der Waals surface area contributed by atoms with E-state index in [1.54, 1.807) is 12.4 Å². The zero-order valence-corrected chi connectivity index (χ0v) is 10.1. The topological polar surface area (TPSA) is 37.8 Å². The molecule has 1 N–H and O–H groups in total. The lowest BCUT2D eigenvalue weighted by molar-refractivity contribution is 0.662. The standard InChI is InChI=1S/C14H17N3/c1-2-12-4-6-13(7-5-12)10-15-11-14-16-8-3-9-17-14/h3-9,15H,2,10-11H2,1H3. The Bertz CT molecular complexity index is 437. The Morgan fingerprint density at radius 1 is 0.941 bits per heavy atom. The first kappa shape index (κ1) is 11.7. The van der Waals surface area contributed by atoms with Crippen LogP contribution in [0.5, 0.6) is 0 Å². The summed E-state index contributed by atoms with van der Waals surface area (Å²) in [5.41, 5.74) is 2.67. The number of aromatic nitrogens is 2. The zero-order valence-electron chi connectivity index (χ0n) is 10.1. The van der Waals surface area contributed by atoms with Crippen molar-refractivity contribution in [2.45, 2.75) is 26.4 Å². The molecule has 0 radical (unpaired) electrons. The Labute approximate surface area is 102 Å². The first-order valence-corrected chi connectivity index (χ1v) is 5.93. The van der Waals surface area contributed by atoms with E-state index in [1.807, 2.05) is 6.07 Å². The summed E-state index contributed by atoms with van der Waals surface area (Å²) >= 11 is 0. The molecule has 3 heteroatoms. The summed E-state index contributed by atoms with van der Waals surface area (Å²) in [5, 5.41) is 3.33. The molecule has 1 aromatic heterocycles. The molecule has 0 amide bonds. The van der Waals surface area contributed by atoms with Gasteiger partial charge in [-0.2, -0.15) is 0 Å². The van der Waals surface area contributed by atoms with Crippen molar-refractivity contribution < 1.29 is 0 Å². The maximum Gasteiger partial charge on any atom is 0.141 e. The molecule has 0 saturated carbocycles. The number of hydrogen-bond acceptors (Lipinski definition) is 3. The second-order valence-electron chi connectivity index (χ2n) is 3.94. The Morgan fingerprint density at radius 2 is 1.59 bits per heavy atom. The van der Waals surface area contributed by atoms with E-state index >= 15 is 0 Å². The molecule has 0 fully saturated rings. The molecule has 1 aromatic carbocycles. The molecule has 0 aliphatic heterocycles. The van der Waals surface area contributed by atoms with E-state index in [9.17, 15) is 0 Å². The summed E-state index contributed by atoms with van der Waals surface area (Å²) in [6, 6.07) is 10.5. The molecular formula is C14H17N3. The highest BCUT2D eigenvalue weighted by atomic mass is 14.9. The molecule has 0 aliphatic rings. The second-order valence-corrected chi connectivity index (χ2v) is 3.94. The average molecular weight is 227 g/mol. The van der Waals surface area contributed by atoms with Crippen LogP contribution in [0.1, 0.15) is 23.9 Å². The molecule has 3 nitrogen and oxygen atoms in total. The van der Waals surface area contributed by atoms with Gasteiger partial charge < -0.3 is 5.32 Å². The minimum Gasteiger partial charge on any atom is -0.306 e. The highest BCUT2D eigenvalue weighted by molar-refractivity contribution is 5.22. The fourth-order valence-electron chi connectivity index (χ4n) is 1.63. The number of rotatable bonds is 5. The Hall–Kier alpha value is -1.74. The van der Waals surface area contributed by atoms with Crippen molar-refractivity contribution in [2.24, 2.45) is 0 Å². The summed E-state index contributed by atoms with van der Waals surface area (Å²) in [4.78, 5) is 8.33.